The third-order valence-electron chi connectivity index (χ3n) is 5.81. The van der Waals surface area contributed by atoms with E-state index in [1.54, 1.807) is 0 Å². The smallest absolute Gasteiger partial charge is 0.227 e. The minimum absolute atomic E-state index is 0.0253. The molecule has 0 radical (unpaired) electrons. The Labute approximate surface area is 183 Å². The van der Waals surface area contributed by atoms with Crippen molar-refractivity contribution in [2.75, 3.05) is 33.0 Å². The van der Waals surface area contributed by atoms with Crippen molar-refractivity contribution in [2.45, 2.75) is 79.5 Å². The Morgan fingerprint density at radius 1 is 0.906 bits per heavy atom. The molecule has 3 aliphatic rings. The lowest BCUT2D eigenvalue weighted by Gasteiger charge is -2.46. The number of ether oxygens (including phenoxy) is 5. The Balaban J connectivity index is 1.91. The minimum atomic E-state index is -2.29. The van der Waals surface area contributed by atoms with Crippen LogP contribution in [0.1, 0.15) is 6.42 Å². The van der Waals surface area contributed by atoms with E-state index < -0.39 is 93.4 Å². The van der Waals surface area contributed by atoms with Crippen LogP contribution < -0.4 is 0 Å². The van der Waals surface area contributed by atoms with E-state index in [0.717, 1.165) is 0 Å². The maximum Gasteiger partial charge on any atom is 0.227 e. The van der Waals surface area contributed by atoms with Crippen molar-refractivity contribution in [3.8, 4) is 0 Å². The quantitative estimate of drug-likeness (QED) is 0.128. The highest BCUT2D eigenvalue weighted by Crippen LogP contribution is 2.42. The fourth-order valence-corrected chi connectivity index (χ4v) is 3.82. The third-order valence-corrected chi connectivity index (χ3v) is 5.81. The topological polar surface area (TPSA) is 232 Å². The summed E-state index contributed by atoms with van der Waals surface area (Å²) in [6.45, 7) is -2.16. The molecule has 0 aromatic carbocycles. The van der Waals surface area contributed by atoms with Gasteiger partial charge in [-0.1, -0.05) is 0 Å². The Hall–Kier alpha value is -0.560. The molecule has 0 spiro atoms. The number of rotatable bonds is 11. The first-order valence-corrected chi connectivity index (χ1v) is 10.3. The summed E-state index contributed by atoms with van der Waals surface area (Å²) in [7, 11) is 0. The molecular weight excluding hydrogens is 440 g/mol. The van der Waals surface area contributed by atoms with Crippen molar-refractivity contribution >= 4 is 0 Å². The molecule has 0 bridgehead atoms. The molecule has 3 heterocycles. The van der Waals surface area contributed by atoms with Crippen LogP contribution in [0.3, 0.4) is 0 Å². The zero-order valence-corrected chi connectivity index (χ0v) is 17.2. The Bertz CT molecular complexity index is 590. The monoisotopic (exact) mass is 472 g/mol. The van der Waals surface area contributed by atoms with Gasteiger partial charge in [-0.2, -0.15) is 0 Å². The first kappa shape index (κ1) is 26.1. The lowest BCUT2D eigenvalue weighted by atomic mass is 9.95. The van der Waals surface area contributed by atoms with Crippen LogP contribution >= 0.6 is 0 Å². The molecule has 14 nitrogen and oxygen atoms in total. The van der Waals surface area contributed by atoms with Gasteiger partial charge < -0.3 is 69.6 Å². The van der Waals surface area contributed by atoms with E-state index in [9.17, 15) is 40.9 Å². The zero-order valence-electron chi connectivity index (χ0n) is 17.2. The lowest BCUT2D eigenvalue weighted by molar-refractivity contribution is -0.399. The Kier molecular flexibility index (Phi) is 8.79. The largest absolute Gasteiger partial charge is 0.394 e. The average molecular weight is 472 g/mol. The number of epoxide rings is 1. The average Bonchev–Trinajstić information content (AvgIpc) is 3.58. The van der Waals surface area contributed by atoms with Crippen LogP contribution in [-0.4, -0.2) is 152 Å². The highest BCUT2D eigenvalue weighted by Gasteiger charge is 2.63. The van der Waals surface area contributed by atoms with Crippen LogP contribution in [0.4, 0.5) is 0 Å². The van der Waals surface area contributed by atoms with Crippen LogP contribution in [0.2, 0.25) is 0 Å². The molecule has 0 aromatic rings. The van der Waals surface area contributed by atoms with Crippen LogP contribution in [0, 0.1) is 0 Å². The van der Waals surface area contributed by atoms with E-state index in [1.165, 1.54) is 0 Å². The number of aliphatic hydroxyl groups is 9. The van der Waals surface area contributed by atoms with Crippen LogP contribution in [0.25, 0.3) is 0 Å². The summed E-state index contributed by atoms with van der Waals surface area (Å²) in [4.78, 5) is 0. The van der Waals surface area contributed by atoms with Gasteiger partial charge in [0.15, 0.2) is 6.29 Å². The maximum absolute atomic E-state index is 10.9. The van der Waals surface area contributed by atoms with E-state index in [2.05, 4.69) is 0 Å². The molecule has 3 aliphatic heterocycles. The molecule has 0 aromatic heterocycles. The molecule has 32 heavy (non-hydrogen) atoms. The van der Waals surface area contributed by atoms with Gasteiger partial charge in [-0.25, -0.2) is 0 Å². The molecule has 9 N–H and O–H groups in total. The fraction of sp³-hybridized carbons (Fsp3) is 1.00. The first-order chi connectivity index (χ1) is 15.2. The van der Waals surface area contributed by atoms with Crippen LogP contribution in [0.5, 0.6) is 0 Å². The van der Waals surface area contributed by atoms with Crippen molar-refractivity contribution in [1.82, 2.24) is 0 Å². The van der Waals surface area contributed by atoms with Gasteiger partial charge in [-0.15, -0.1) is 0 Å². The highest BCUT2D eigenvalue weighted by atomic mass is 16.8. The molecule has 0 amide bonds. The van der Waals surface area contributed by atoms with Crippen molar-refractivity contribution in [3.63, 3.8) is 0 Å². The predicted octanol–water partition coefficient (Wildman–Crippen LogP) is -5.86. The van der Waals surface area contributed by atoms with Gasteiger partial charge in [0.05, 0.1) is 39.1 Å². The molecule has 3 saturated heterocycles. The first-order valence-electron chi connectivity index (χ1n) is 10.3. The second-order valence-corrected chi connectivity index (χ2v) is 8.16. The van der Waals surface area contributed by atoms with Crippen LogP contribution in [-0.2, 0) is 23.7 Å². The van der Waals surface area contributed by atoms with E-state index >= 15 is 0 Å². The van der Waals surface area contributed by atoms with Crippen molar-refractivity contribution in [1.29, 1.82) is 0 Å². The molecule has 188 valence electrons. The summed E-state index contributed by atoms with van der Waals surface area (Å²) < 4.78 is 27.6. The summed E-state index contributed by atoms with van der Waals surface area (Å²) >= 11 is 0. The highest BCUT2D eigenvalue weighted by molar-refractivity contribution is 5.04. The summed E-state index contributed by atoms with van der Waals surface area (Å²) in [5, 5.41) is 89.4. The molecule has 0 saturated carbocycles. The predicted molar refractivity (Wildman–Crippen MR) is 98.7 cm³/mol. The number of aliphatic hydroxyl groups excluding tert-OH is 9. The van der Waals surface area contributed by atoms with E-state index in [0.29, 0.717) is 6.61 Å². The summed E-state index contributed by atoms with van der Waals surface area (Å²) in [5.41, 5.74) is 0. The van der Waals surface area contributed by atoms with Gasteiger partial charge >= 0.3 is 0 Å². The zero-order chi connectivity index (χ0) is 23.6. The molecule has 14 heteroatoms. The fourth-order valence-electron chi connectivity index (χ4n) is 3.82. The normalized spacial score (nSPS) is 46.2. The Morgan fingerprint density at radius 2 is 1.56 bits per heavy atom. The van der Waals surface area contributed by atoms with Gasteiger partial charge in [-0.3, -0.25) is 0 Å². The third kappa shape index (κ3) is 5.24. The van der Waals surface area contributed by atoms with Gasteiger partial charge in [0.25, 0.3) is 0 Å². The van der Waals surface area contributed by atoms with Gasteiger partial charge in [0.2, 0.25) is 5.79 Å². The summed E-state index contributed by atoms with van der Waals surface area (Å²) in [5.74, 6) is -2.29. The van der Waals surface area contributed by atoms with Crippen molar-refractivity contribution in [3.05, 3.63) is 0 Å². The van der Waals surface area contributed by atoms with Gasteiger partial charge in [0.1, 0.15) is 54.9 Å². The van der Waals surface area contributed by atoms with Crippen molar-refractivity contribution in [2.24, 2.45) is 0 Å². The van der Waals surface area contributed by atoms with Crippen LogP contribution in [0.15, 0.2) is 0 Å². The van der Waals surface area contributed by atoms with E-state index in [4.69, 9.17) is 28.8 Å². The second kappa shape index (κ2) is 10.8. The minimum Gasteiger partial charge on any atom is -0.394 e. The molecule has 3 fully saturated rings. The SMILES string of the molecule is OCC(O)COC(CC1CO1)[C@@]1(O[C@H]2O[C@H](CO)[C@@H](O)[C@H](O)[C@H]2O)O[C@H](CO)[C@@H](O)[C@@H]1O. The standard InChI is InChI=1S/C18H32O14/c19-2-7(22)5-29-11(1-8-6-28-8)18(16(27)13(24)10(4-21)31-18)32-17-15(26)14(25)12(23)9(3-20)30-17/h7-17,19-27H,1-6H2/t7?,8?,9-,10-,11?,12-,13-,14+,15-,16+,17-,18+/m1/s1. The molecule has 3 rings (SSSR count). The van der Waals surface area contributed by atoms with E-state index in [-0.39, 0.29) is 12.5 Å². The number of hydrogen-bond donors (Lipinski definition) is 9. The summed E-state index contributed by atoms with van der Waals surface area (Å²) in [6, 6.07) is 0. The van der Waals surface area contributed by atoms with Crippen molar-refractivity contribution < 1.29 is 69.6 Å². The van der Waals surface area contributed by atoms with E-state index in [1.807, 2.05) is 0 Å². The second-order valence-electron chi connectivity index (χ2n) is 8.16. The molecule has 12 atom stereocenters. The molecular formula is C18H32O14. The summed E-state index contributed by atoms with van der Waals surface area (Å²) in [6.07, 6.45) is -16.1. The Morgan fingerprint density at radius 3 is 2.09 bits per heavy atom. The van der Waals surface area contributed by atoms with Gasteiger partial charge in [0, 0.05) is 6.42 Å². The number of hydrogen-bond acceptors (Lipinski definition) is 14. The molecule has 3 unspecified atom stereocenters. The lowest BCUT2D eigenvalue weighted by Crippen LogP contribution is -2.64. The maximum atomic E-state index is 10.9. The molecule has 0 aliphatic carbocycles. The van der Waals surface area contributed by atoms with Gasteiger partial charge in [-0.05, 0) is 0 Å².